The summed E-state index contributed by atoms with van der Waals surface area (Å²) in [6, 6.07) is 27.9. The average Bonchev–Trinajstić information content (AvgIpc) is 2.74. The fourth-order valence-electron chi connectivity index (χ4n) is 3.69. The summed E-state index contributed by atoms with van der Waals surface area (Å²) in [6.07, 6.45) is 0.484. The lowest BCUT2D eigenvalue weighted by molar-refractivity contribution is -0.150. The summed E-state index contributed by atoms with van der Waals surface area (Å²) in [4.78, 5) is 28.1. The third-order valence-corrected chi connectivity index (χ3v) is 5.05. The second kappa shape index (κ2) is 8.09. The smallest absolute Gasteiger partial charge is 0.248 e. The molecule has 140 valence electrons. The van der Waals surface area contributed by atoms with Gasteiger partial charge >= 0.3 is 0 Å². The zero-order chi connectivity index (χ0) is 19.3. The largest absolute Gasteiger partial charge is 0.342 e. The molecular formula is C24H22N2O2. The van der Waals surface area contributed by atoms with Crippen molar-refractivity contribution in [1.82, 2.24) is 10.2 Å². The van der Waals surface area contributed by atoms with Gasteiger partial charge in [-0.1, -0.05) is 91.0 Å². The number of nitrogens with one attached hydrogen (secondary N) is 1. The molecule has 0 spiro atoms. The zero-order valence-corrected chi connectivity index (χ0v) is 15.5. The molecule has 0 aromatic heterocycles. The number of rotatable bonds is 5. The lowest BCUT2D eigenvalue weighted by Gasteiger charge is -2.39. The molecule has 2 amide bonds. The van der Waals surface area contributed by atoms with E-state index in [2.05, 4.69) is 5.32 Å². The number of nitrogens with zero attached hydrogens (tertiary/aromatic N) is 1. The molecule has 1 aliphatic rings. The van der Waals surface area contributed by atoms with Crippen LogP contribution >= 0.6 is 0 Å². The molecule has 2 unspecified atom stereocenters. The Labute approximate surface area is 164 Å². The summed E-state index contributed by atoms with van der Waals surface area (Å²) in [5.41, 5.74) is 2.85. The number of amides is 2. The van der Waals surface area contributed by atoms with Crippen molar-refractivity contribution in [3.63, 3.8) is 0 Å². The fraction of sp³-hybridized carbons (Fsp3) is 0.167. The van der Waals surface area contributed by atoms with Gasteiger partial charge in [0.25, 0.3) is 0 Å². The minimum Gasteiger partial charge on any atom is -0.342 e. The highest BCUT2D eigenvalue weighted by Gasteiger charge is 2.41. The SMILES string of the molecule is O=C1NC(Cc2ccccc2)C(=O)N(Cc2ccccc2)C1c1ccccc1. The Morgan fingerprint density at radius 1 is 0.714 bits per heavy atom. The zero-order valence-electron chi connectivity index (χ0n) is 15.5. The Balaban J connectivity index is 1.66. The molecule has 28 heavy (non-hydrogen) atoms. The molecule has 2 atom stereocenters. The molecule has 3 aromatic rings. The van der Waals surface area contributed by atoms with Crippen LogP contribution in [-0.2, 0) is 22.6 Å². The van der Waals surface area contributed by atoms with Crippen molar-refractivity contribution >= 4 is 11.8 Å². The molecule has 0 aliphatic carbocycles. The molecule has 1 N–H and O–H groups in total. The van der Waals surface area contributed by atoms with Crippen molar-refractivity contribution < 1.29 is 9.59 Å². The van der Waals surface area contributed by atoms with E-state index >= 15 is 0 Å². The first-order valence-electron chi connectivity index (χ1n) is 9.46. The Morgan fingerprint density at radius 3 is 1.86 bits per heavy atom. The van der Waals surface area contributed by atoms with Gasteiger partial charge in [0.15, 0.2) is 0 Å². The third-order valence-electron chi connectivity index (χ3n) is 5.05. The molecule has 4 rings (SSSR count). The lowest BCUT2D eigenvalue weighted by atomic mass is 9.95. The van der Waals surface area contributed by atoms with Crippen molar-refractivity contribution in [3.05, 3.63) is 108 Å². The van der Waals surface area contributed by atoms with Crippen molar-refractivity contribution in [1.29, 1.82) is 0 Å². The molecule has 1 saturated heterocycles. The highest BCUT2D eigenvalue weighted by atomic mass is 16.2. The number of hydrogen-bond donors (Lipinski definition) is 1. The molecule has 0 radical (unpaired) electrons. The molecule has 0 saturated carbocycles. The summed E-state index contributed by atoms with van der Waals surface area (Å²) in [5.74, 6) is -0.191. The second-order valence-corrected chi connectivity index (χ2v) is 7.02. The van der Waals surface area contributed by atoms with E-state index in [4.69, 9.17) is 0 Å². The summed E-state index contributed by atoms with van der Waals surface area (Å²) in [6.45, 7) is 0.401. The van der Waals surface area contributed by atoms with Crippen molar-refractivity contribution in [3.8, 4) is 0 Å². The topological polar surface area (TPSA) is 49.4 Å². The van der Waals surface area contributed by atoms with Crippen LogP contribution in [0.5, 0.6) is 0 Å². The maximum atomic E-state index is 13.4. The standard InChI is InChI=1S/C24H22N2O2/c27-23-22(20-14-8-3-9-15-20)26(17-19-12-6-2-7-13-19)24(28)21(25-23)16-18-10-4-1-5-11-18/h1-15,21-22H,16-17H2,(H,25,27). The minimum absolute atomic E-state index is 0.0545. The Kier molecular flexibility index (Phi) is 5.20. The van der Waals surface area contributed by atoms with Crippen LogP contribution in [0.2, 0.25) is 0 Å². The first-order chi connectivity index (χ1) is 13.7. The van der Waals surface area contributed by atoms with Crippen molar-refractivity contribution in [2.75, 3.05) is 0 Å². The molecule has 4 nitrogen and oxygen atoms in total. The van der Waals surface area contributed by atoms with Crippen LogP contribution in [0.25, 0.3) is 0 Å². The molecule has 3 aromatic carbocycles. The van der Waals surface area contributed by atoms with Gasteiger partial charge in [0.2, 0.25) is 11.8 Å². The third kappa shape index (κ3) is 3.81. The molecule has 1 fully saturated rings. The molecule has 1 heterocycles. The number of benzene rings is 3. The first-order valence-corrected chi connectivity index (χ1v) is 9.46. The summed E-state index contributed by atoms with van der Waals surface area (Å²) in [5, 5.41) is 2.95. The highest BCUT2D eigenvalue weighted by Crippen LogP contribution is 2.28. The van der Waals surface area contributed by atoms with E-state index in [9.17, 15) is 9.59 Å². The van der Waals surface area contributed by atoms with Crippen LogP contribution in [0.3, 0.4) is 0 Å². The fourth-order valence-corrected chi connectivity index (χ4v) is 3.69. The predicted octanol–water partition coefficient (Wildman–Crippen LogP) is 3.50. The van der Waals surface area contributed by atoms with Gasteiger partial charge in [-0.2, -0.15) is 0 Å². The molecule has 1 aliphatic heterocycles. The maximum Gasteiger partial charge on any atom is 0.248 e. The Morgan fingerprint density at radius 2 is 1.25 bits per heavy atom. The normalized spacial score (nSPS) is 19.4. The van der Waals surface area contributed by atoms with Gasteiger partial charge in [-0.25, -0.2) is 0 Å². The van der Waals surface area contributed by atoms with E-state index in [0.717, 1.165) is 16.7 Å². The van der Waals surface area contributed by atoms with E-state index in [1.165, 1.54) is 0 Å². The average molecular weight is 370 g/mol. The van der Waals surface area contributed by atoms with Gasteiger partial charge in [0.1, 0.15) is 12.1 Å². The molecule has 0 bridgehead atoms. The van der Waals surface area contributed by atoms with Crippen LogP contribution < -0.4 is 5.32 Å². The van der Waals surface area contributed by atoms with E-state index in [-0.39, 0.29) is 11.8 Å². The Bertz CT molecular complexity index is 942. The number of hydrogen-bond acceptors (Lipinski definition) is 2. The maximum absolute atomic E-state index is 13.4. The van der Waals surface area contributed by atoms with Gasteiger partial charge in [-0.3, -0.25) is 9.59 Å². The van der Waals surface area contributed by atoms with Crippen molar-refractivity contribution in [2.45, 2.75) is 25.0 Å². The van der Waals surface area contributed by atoms with E-state index < -0.39 is 12.1 Å². The van der Waals surface area contributed by atoms with Crippen LogP contribution in [0.15, 0.2) is 91.0 Å². The Hall–Kier alpha value is -3.40. The van der Waals surface area contributed by atoms with E-state index in [0.29, 0.717) is 13.0 Å². The summed E-state index contributed by atoms with van der Waals surface area (Å²) in [7, 11) is 0. The summed E-state index contributed by atoms with van der Waals surface area (Å²) >= 11 is 0. The van der Waals surface area contributed by atoms with Gasteiger partial charge in [0.05, 0.1) is 0 Å². The predicted molar refractivity (Wildman–Crippen MR) is 108 cm³/mol. The van der Waals surface area contributed by atoms with Gasteiger partial charge < -0.3 is 10.2 Å². The van der Waals surface area contributed by atoms with Crippen LogP contribution in [0.4, 0.5) is 0 Å². The number of carbonyl (C=O) groups excluding carboxylic acids is 2. The van der Waals surface area contributed by atoms with Crippen LogP contribution in [0, 0.1) is 0 Å². The van der Waals surface area contributed by atoms with Crippen LogP contribution in [-0.4, -0.2) is 22.8 Å². The highest BCUT2D eigenvalue weighted by molar-refractivity contribution is 5.97. The van der Waals surface area contributed by atoms with Crippen LogP contribution in [0.1, 0.15) is 22.7 Å². The first kappa shape index (κ1) is 18.0. The molecule has 4 heteroatoms. The van der Waals surface area contributed by atoms with E-state index in [1.54, 1.807) is 4.90 Å². The molecular weight excluding hydrogens is 348 g/mol. The monoisotopic (exact) mass is 370 g/mol. The second-order valence-electron chi connectivity index (χ2n) is 7.02. The lowest BCUT2D eigenvalue weighted by Crippen LogP contribution is -2.59. The van der Waals surface area contributed by atoms with Gasteiger partial charge in [0, 0.05) is 13.0 Å². The van der Waals surface area contributed by atoms with Gasteiger partial charge in [-0.15, -0.1) is 0 Å². The quantitative estimate of drug-likeness (QED) is 0.747. The summed E-state index contributed by atoms with van der Waals surface area (Å²) < 4.78 is 0. The minimum atomic E-state index is -0.624. The van der Waals surface area contributed by atoms with Crippen molar-refractivity contribution in [2.24, 2.45) is 0 Å². The number of piperazine rings is 1. The number of carbonyl (C=O) groups is 2. The van der Waals surface area contributed by atoms with E-state index in [1.807, 2.05) is 91.0 Å². The van der Waals surface area contributed by atoms with Gasteiger partial charge in [-0.05, 0) is 16.7 Å².